The third-order valence-corrected chi connectivity index (χ3v) is 3.46. The zero-order valence-corrected chi connectivity index (χ0v) is 12.8. The number of carbonyl (C=O) groups is 1. The first-order chi connectivity index (χ1) is 10.6. The minimum atomic E-state index is -0.315. The molecule has 2 amide bonds. The van der Waals surface area contributed by atoms with Crippen LogP contribution in [0.4, 0.5) is 16.2 Å². The van der Waals surface area contributed by atoms with Crippen molar-refractivity contribution >= 4 is 17.4 Å². The Morgan fingerprint density at radius 2 is 1.95 bits per heavy atom. The van der Waals surface area contributed by atoms with Crippen LogP contribution in [0.25, 0.3) is 0 Å². The topological polar surface area (TPSA) is 77.4 Å². The molecule has 2 heterocycles. The van der Waals surface area contributed by atoms with E-state index in [1.807, 2.05) is 27.0 Å². The van der Waals surface area contributed by atoms with E-state index in [0.29, 0.717) is 22.9 Å². The van der Waals surface area contributed by atoms with E-state index in [9.17, 15) is 4.79 Å². The van der Waals surface area contributed by atoms with E-state index in [4.69, 9.17) is 9.47 Å². The first kappa shape index (κ1) is 14.2. The molecular formula is C15H18N4O3. The van der Waals surface area contributed by atoms with Gasteiger partial charge in [-0.05, 0) is 25.0 Å². The second-order valence-corrected chi connectivity index (χ2v) is 5.12. The molecule has 0 unspecified atom stereocenters. The maximum Gasteiger partial charge on any atom is 0.323 e. The monoisotopic (exact) mass is 302 g/mol. The standard InChI is InChI=1S/C15H18N4O3/c1-4-10-12(7-19(3)18-10)17-15(20)16-11-6-14-13(5-9(11)2)21-8-22-14/h5-7H,4,8H2,1-3H3,(H2,16,17,20). The quantitative estimate of drug-likeness (QED) is 0.913. The predicted octanol–water partition coefficient (Wildman–Crippen LogP) is 2.66. The lowest BCUT2D eigenvalue weighted by molar-refractivity contribution is 0.174. The number of hydrogen-bond acceptors (Lipinski definition) is 4. The van der Waals surface area contributed by atoms with E-state index in [-0.39, 0.29) is 12.8 Å². The molecule has 0 fully saturated rings. The van der Waals surface area contributed by atoms with Crippen molar-refractivity contribution in [1.82, 2.24) is 9.78 Å². The van der Waals surface area contributed by atoms with Gasteiger partial charge in [0.15, 0.2) is 11.5 Å². The van der Waals surface area contributed by atoms with Gasteiger partial charge >= 0.3 is 6.03 Å². The maximum absolute atomic E-state index is 12.2. The molecular weight excluding hydrogens is 284 g/mol. The molecule has 2 aromatic rings. The molecule has 1 aliphatic rings. The van der Waals surface area contributed by atoms with Crippen LogP contribution in [-0.2, 0) is 13.5 Å². The number of anilines is 2. The fourth-order valence-electron chi connectivity index (χ4n) is 2.35. The van der Waals surface area contributed by atoms with Crippen molar-refractivity contribution in [2.45, 2.75) is 20.3 Å². The zero-order chi connectivity index (χ0) is 15.7. The van der Waals surface area contributed by atoms with Crippen molar-refractivity contribution in [2.24, 2.45) is 7.05 Å². The highest BCUT2D eigenvalue weighted by molar-refractivity contribution is 6.00. The van der Waals surface area contributed by atoms with E-state index >= 15 is 0 Å². The van der Waals surface area contributed by atoms with Crippen LogP contribution in [0.3, 0.4) is 0 Å². The highest BCUT2D eigenvalue weighted by Gasteiger charge is 2.17. The minimum Gasteiger partial charge on any atom is -0.454 e. The van der Waals surface area contributed by atoms with Crippen molar-refractivity contribution in [2.75, 3.05) is 17.4 Å². The van der Waals surface area contributed by atoms with Crippen LogP contribution in [0.15, 0.2) is 18.3 Å². The summed E-state index contributed by atoms with van der Waals surface area (Å²) in [6.07, 6.45) is 2.53. The number of nitrogens with zero attached hydrogens (tertiary/aromatic N) is 2. The zero-order valence-electron chi connectivity index (χ0n) is 12.8. The summed E-state index contributed by atoms with van der Waals surface area (Å²) in [5, 5.41) is 9.94. The largest absolute Gasteiger partial charge is 0.454 e. The summed E-state index contributed by atoms with van der Waals surface area (Å²) in [6.45, 7) is 4.10. The Bertz CT molecular complexity index is 724. The number of nitrogens with one attached hydrogen (secondary N) is 2. The SMILES string of the molecule is CCc1nn(C)cc1NC(=O)Nc1cc2c(cc1C)OCO2. The van der Waals surface area contributed by atoms with Gasteiger partial charge in [0.2, 0.25) is 6.79 Å². The Balaban J connectivity index is 1.74. The molecule has 0 radical (unpaired) electrons. The number of ether oxygens (including phenoxy) is 2. The van der Waals surface area contributed by atoms with Gasteiger partial charge in [0.05, 0.1) is 11.4 Å². The van der Waals surface area contributed by atoms with Crippen molar-refractivity contribution in [3.05, 3.63) is 29.6 Å². The smallest absolute Gasteiger partial charge is 0.323 e. The van der Waals surface area contributed by atoms with Crippen molar-refractivity contribution in [3.8, 4) is 11.5 Å². The predicted molar refractivity (Wildman–Crippen MR) is 82.5 cm³/mol. The molecule has 116 valence electrons. The Labute approximate surface area is 128 Å². The third kappa shape index (κ3) is 2.69. The first-order valence-electron chi connectivity index (χ1n) is 7.07. The summed E-state index contributed by atoms with van der Waals surface area (Å²) in [5.41, 5.74) is 3.14. The van der Waals surface area contributed by atoms with Gasteiger partial charge in [-0.15, -0.1) is 0 Å². The summed E-state index contributed by atoms with van der Waals surface area (Å²) in [7, 11) is 1.82. The molecule has 0 saturated heterocycles. The number of amides is 2. The van der Waals surface area contributed by atoms with E-state index in [0.717, 1.165) is 17.7 Å². The van der Waals surface area contributed by atoms with Crippen LogP contribution in [-0.4, -0.2) is 22.6 Å². The molecule has 3 rings (SSSR count). The number of aryl methyl sites for hydroxylation is 3. The molecule has 22 heavy (non-hydrogen) atoms. The minimum absolute atomic E-state index is 0.208. The number of aromatic nitrogens is 2. The molecule has 7 nitrogen and oxygen atoms in total. The van der Waals surface area contributed by atoms with Gasteiger partial charge < -0.3 is 20.1 Å². The number of benzene rings is 1. The number of fused-ring (bicyclic) bond motifs is 1. The van der Waals surface area contributed by atoms with Crippen LogP contribution in [0.2, 0.25) is 0 Å². The fourth-order valence-corrected chi connectivity index (χ4v) is 2.35. The molecule has 2 N–H and O–H groups in total. The highest BCUT2D eigenvalue weighted by atomic mass is 16.7. The Hall–Kier alpha value is -2.70. The third-order valence-electron chi connectivity index (χ3n) is 3.46. The summed E-state index contributed by atoms with van der Waals surface area (Å²) in [5.74, 6) is 1.33. The number of carbonyl (C=O) groups excluding carboxylic acids is 1. The number of urea groups is 1. The van der Waals surface area contributed by atoms with Gasteiger partial charge in [0, 0.05) is 25.0 Å². The van der Waals surface area contributed by atoms with E-state index in [1.54, 1.807) is 16.9 Å². The van der Waals surface area contributed by atoms with Gasteiger partial charge in [0.1, 0.15) is 0 Å². The number of rotatable bonds is 3. The molecule has 0 bridgehead atoms. The fraction of sp³-hybridized carbons (Fsp3) is 0.333. The van der Waals surface area contributed by atoms with Crippen molar-refractivity contribution in [1.29, 1.82) is 0 Å². The average molecular weight is 302 g/mol. The highest BCUT2D eigenvalue weighted by Crippen LogP contribution is 2.36. The van der Waals surface area contributed by atoms with Gasteiger partial charge in [-0.2, -0.15) is 5.10 Å². The van der Waals surface area contributed by atoms with Crippen molar-refractivity contribution < 1.29 is 14.3 Å². The maximum atomic E-state index is 12.2. The molecule has 0 spiro atoms. The van der Waals surface area contributed by atoms with Crippen LogP contribution in [0.1, 0.15) is 18.2 Å². The van der Waals surface area contributed by atoms with E-state index < -0.39 is 0 Å². The second-order valence-electron chi connectivity index (χ2n) is 5.12. The lowest BCUT2D eigenvalue weighted by atomic mass is 10.2. The van der Waals surface area contributed by atoms with Crippen LogP contribution in [0, 0.1) is 6.92 Å². The molecule has 0 aliphatic carbocycles. The van der Waals surface area contributed by atoms with E-state index in [2.05, 4.69) is 15.7 Å². The van der Waals surface area contributed by atoms with Gasteiger partial charge in [-0.3, -0.25) is 4.68 Å². The Kier molecular flexibility index (Phi) is 3.62. The summed E-state index contributed by atoms with van der Waals surface area (Å²) >= 11 is 0. The van der Waals surface area contributed by atoms with Crippen molar-refractivity contribution in [3.63, 3.8) is 0 Å². The lowest BCUT2D eigenvalue weighted by Gasteiger charge is -2.10. The molecule has 7 heteroatoms. The van der Waals surface area contributed by atoms with Crippen LogP contribution in [0.5, 0.6) is 11.5 Å². The Morgan fingerprint density at radius 3 is 2.68 bits per heavy atom. The molecule has 1 aromatic carbocycles. The van der Waals surface area contributed by atoms with Gasteiger partial charge in [0.25, 0.3) is 0 Å². The van der Waals surface area contributed by atoms with Gasteiger partial charge in [-0.25, -0.2) is 4.79 Å². The number of hydrogen-bond donors (Lipinski definition) is 2. The normalized spacial score (nSPS) is 12.3. The first-order valence-corrected chi connectivity index (χ1v) is 7.07. The molecule has 1 aromatic heterocycles. The van der Waals surface area contributed by atoms with E-state index in [1.165, 1.54) is 0 Å². The second kappa shape index (κ2) is 5.59. The molecule has 0 saturated carbocycles. The van der Waals surface area contributed by atoms with Crippen LogP contribution >= 0.6 is 0 Å². The van der Waals surface area contributed by atoms with Gasteiger partial charge in [-0.1, -0.05) is 6.92 Å². The Morgan fingerprint density at radius 1 is 1.27 bits per heavy atom. The molecule has 0 atom stereocenters. The lowest BCUT2D eigenvalue weighted by Crippen LogP contribution is -2.20. The average Bonchev–Trinajstić information content (AvgIpc) is 3.05. The summed E-state index contributed by atoms with van der Waals surface area (Å²) in [4.78, 5) is 12.2. The van der Waals surface area contributed by atoms with Crippen LogP contribution < -0.4 is 20.1 Å². The summed E-state index contributed by atoms with van der Waals surface area (Å²) in [6, 6.07) is 3.30. The molecule has 1 aliphatic heterocycles. The summed E-state index contributed by atoms with van der Waals surface area (Å²) < 4.78 is 12.3.